The zero-order valence-corrected chi connectivity index (χ0v) is 18.9. The number of benzene rings is 3. The Morgan fingerprint density at radius 3 is 2.62 bits per heavy atom. The minimum Gasteiger partial charge on any atom is -0.346 e. The summed E-state index contributed by atoms with van der Waals surface area (Å²) in [7, 11) is 0. The number of amides is 2. The van der Waals surface area contributed by atoms with Crippen molar-refractivity contribution < 1.29 is 14.0 Å². The molecule has 0 aliphatic carbocycles. The fraction of sp³-hybridized carbons (Fsp3) is 0.0741. The van der Waals surface area contributed by atoms with E-state index in [2.05, 4.69) is 10.3 Å². The number of aromatic nitrogens is 1. The van der Waals surface area contributed by atoms with Gasteiger partial charge < -0.3 is 10.2 Å². The normalized spacial score (nSPS) is 12.5. The Labute approximate surface area is 200 Å². The second-order valence-corrected chi connectivity index (χ2v) is 8.89. The number of carbonyl (C=O) groups is 2. The zero-order chi connectivity index (χ0) is 23.5. The molecule has 1 N–H and O–H groups in total. The first-order chi connectivity index (χ1) is 16.6. The van der Waals surface area contributed by atoms with Crippen LogP contribution in [0.4, 0.5) is 10.1 Å². The maximum Gasteiger partial charge on any atom is 0.259 e. The van der Waals surface area contributed by atoms with Gasteiger partial charge in [0.05, 0.1) is 30.0 Å². The van der Waals surface area contributed by atoms with Gasteiger partial charge in [-0.3, -0.25) is 14.6 Å². The van der Waals surface area contributed by atoms with Crippen molar-refractivity contribution in [2.24, 2.45) is 0 Å². The molecule has 0 atom stereocenters. The van der Waals surface area contributed by atoms with E-state index < -0.39 is 0 Å². The SMILES string of the molecule is O=C(NCc1ccccn1)c1ccc2c(c1)N(Cc1cccc(F)c1)C(=O)c1ccccc1S2. The number of hydrogen-bond acceptors (Lipinski definition) is 4. The summed E-state index contributed by atoms with van der Waals surface area (Å²) in [5.74, 6) is -0.826. The van der Waals surface area contributed by atoms with Crippen LogP contribution in [0.5, 0.6) is 0 Å². The van der Waals surface area contributed by atoms with Crippen LogP contribution >= 0.6 is 11.8 Å². The molecule has 5 nitrogen and oxygen atoms in total. The molecule has 0 unspecified atom stereocenters. The lowest BCUT2D eigenvalue weighted by molar-refractivity contribution is 0.0947. The highest BCUT2D eigenvalue weighted by Crippen LogP contribution is 2.42. The van der Waals surface area contributed by atoms with Gasteiger partial charge in [-0.1, -0.05) is 42.1 Å². The van der Waals surface area contributed by atoms with Crippen molar-refractivity contribution in [2.75, 3.05) is 4.90 Å². The summed E-state index contributed by atoms with van der Waals surface area (Å²) in [5.41, 5.74) is 3.02. The number of halogens is 1. The monoisotopic (exact) mass is 469 g/mol. The zero-order valence-electron chi connectivity index (χ0n) is 18.1. The summed E-state index contributed by atoms with van der Waals surface area (Å²) >= 11 is 1.48. The van der Waals surface area contributed by atoms with Gasteiger partial charge in [0, 0.05) is 21.6 Å². The first-order valence-electron chi connectivity index (χ1n) is 10.7. The van der Waals surface area contributed by atoms with Gasteiger partial charge in [-0.15, -0.1) is 0 Å². The standard InChI is InChI=1S/C27H20FN3O2S/c28-20-7-5-6-18(14-20)17-31-23-15-19(26(32)30-16-21-8-3-4-13-29-21)11-12-25(23)34-24-10-2-1-9-22(24)27(31)33/h1-15H,16-17H2,(H,30,32). The van der Waals surface area contributed by atoms with Crippen LogP contribution in [0.25, 0.3) is 0 Å². The van der Waals surface area contributed by atoms with Gasteiger partial charge >= 0.3 is 0 Å². The highest BCUT2D eigenvalue weighted by Gasteiger charge is 2.28. The molecule has 168 valence electrons. The molecular weight excluding hydrogens is 449 g/mol. The van der Waals surface area contributed by atoms with Crippen LogP contribution in [-0.2, 0) is 13.1 Å². The average Bonchev–Trinajstić information content (AvgIpc) is 2.97. The Balaban J connectivity index is 1.50. The summed E-state index contributed by atoms with van der Waals surface area (Å²) in [5, 5.41) is 2.88. The summed E-state index contributed by atoms with van der Waals surface area (Å²) in [6.07, 6.45) is 1.68. The molecule has 7 heteroatoms. The molecule has 0 saturated carbocycles. The van der Waals surface area contributed by atoms with Crippen LogP contribution < -0.4 is 10.2 Å². The van der Waals surface area contributed by atoms with Crippen molar-refractivity contribution in [3.63, 3.8) is 0 Å². The number of fused-ring (bicyclic) bond motifs is 2. The quantitative estimate of drug-likeness (QED) is 0.422. The van der Waals surface area contributed by atoms with Crippen LogP contribution in [0, 0.1) is 5.82 Å². The highest BCUT2D eigenvalue weighted by molar-refractivity contribution is 7.99. The van der Waals surface area contributed by atoms with Crippen molar-refractivity contribution >= 4 is 29.3 Å². The van der Waals surface area contributed by atoms with Gasteiger partial charge in [0.1, 0.15) is 5.82 Å². The predicted octanol–water partition coefficient (Wildman–Crippen LogP) is 5.46. The molecule has 0 saturated heterocycles. The molecular formula is C27H20FN3O2S. The number of anilines is 1. The Hall–Kier alpha value is -3.97. The van der Waals surface area contributed by atoms with Crippen molar-refractivity contribution in [3.8, 4) is 0 Å². The lowest BCUT2D eigenvalue weighted by Crippen LogP contribution is -2.31. The van der Waals surface area contributed by atoms with Gasteiger partial charge in [0.15, 0.2) is 0 Å². The number of rotatable bonds is 5. The summed E-state index contributed by atoms with van der Waals surface area (Å²) < 4.78 is 13.9. The molecule has 0 radical (unpaired) electrons. The van der Waals surface area contributed by atoms with E-state index in [1.54, 1.807) is 41.4 Å². The number of pyridine rings is 1. The summed E-state index contributed by atoms with van der Waals surface area (Å²) in [6.45, 7) is 0.473. The largest absolute Gasteiger partial charge is 0.346 e. The number of carbonyl (C=O) groups excluding carboxylic acids is 2. The van der Waals surface area contributed by atoms with Crippen LogP contribution in [0.2, 0.25) is 0 Å². The van der Waals surface area contributed by atoms with E-state index in [0.29, 0.717) is 28.9 Å². The van der Waals surface area contributed by atoms with E-state index in [0.717, 1.165) is 15.5 Å². The average molecular weight is 470 g/mol. The van der Waals surface area contributed by atoms with Crippen LogP contribution in [-0.4, -0.2) is 16.8 Å². The molecule has 3 aromatic carbocycles. The minimum atomic E-state index is -0.364. The Kier molecular flexibility index (Phi) is 6.10. The molecule has 2 amide bonds. The smallest absolute Gasteiger partial charge is 0.259 e. The molecule has 2 heterocycles. The van der Waals surface area contributed by atoms with Gasteiger partial charge in [-0.05, 0) is 60.2 Å². The molecule has 1 aromatic heterocycles. The third kappa shape index (κ3) is 4.56. The fourth-order valence-corrected chi connectivity index (χ4v) is 4.87. The van der Waals surface area contributed by atoms with E-state index in [1.807, 2.05) is 42.5 Å². The van der Waals surface area contributed by atoms with E-state index >= 15 is 0 Å². The molecule has 0 spiro atoms. The third-order valence-electron chi connectivity index (χ3n) is 5.48. The third-order valence-corrected chi connectivity index (χ3v) is 6.62. The molecule has 0 bridgehead atoms. The van der Waals surface area contributed by atoms with E-state index in [9.17, 15) is 14.0 Å². The Morgan fingerprint density at radius 2 is 1.79 bits per heavy atom. The second kappa shape index (κ2) is 9.49. The van der Waals surface area contributed by atoms with E-state index in [4.69, 9.17) is 0 Å². The Morgan fingerprint density at radius 1 is 0.941 bits per heavy atom. The Bertz CT molecular complexity index is 1380. The number of nitrogens with one attached hydrogen (secondary N) is 1. The molecule has 1 aliphatic heterocycles. The molecule has 5 rings (SSSR count). The van der Waals surface area contributed by atoms with Gasteiger partial charge in [0.2, 0.25) is 0 Å². The maximum atomic E-state index is 13.9. The van der Waals surface area contributed by atoms with Crippen LogP contribution in [0.1, 0.15) is 32.0 Å². The number of hydrogen-bond donors (Lipinski definition) is 1. The lowest BCUT2D eigenvalue weighted by atomic mass is 10.1. The van der Waals surface area contributed by atoms with Crippen LogP contribution in [0.15, 0.2) is 101 Å². The lowest BCUT2D eigenvalue weighted by Gasteiger charge is -2.24. The fourth-order valence-electron chi connectivity index (χ4n) is 3.81. The van der Waals surface area contributed by atoms with Gasteiger partial charge in [-0.25, -0.2) is 4.39 Å². The van der Waals surface area contributed by atoms with Gasteiger partial charge in [0.25, 0.3) is 11.8 Å². The molecule has 4 aromatic rings. The first kappa shape index (κ1) is 21.9. The second-order valence-electron chi connectivity index (χ2n) is 7.81. The molecule has 34 heavy (non-hydrogen) atoms. The van der Waals surface area contributed by atoms with E-state index in [1.165, 1.54) is 23.9 Å². The van der Waals surface area contributed by atoms with Crippen molar-refractivity contribution in [3.05, 3.63) is 119 Å². The summed E-state index contributed by atoms with van der Waals surface area (Å²) in [4.78, 5) is 34.0. The summed E-state index contributed by atoms with van der Waals surface area (Å²) in [6, 6.07) is 24.4. The van der Waals surface area contributed by atoms with Crippen molar-refractivity contribution in [2.45, 2.75) is 22.9 Å². The number of nitrogens with zero attached hydrogens (tertiary/aromatic N) is 2. The predicted molar refractivity (Wildman–Crippen MR) is 129 cm³/mol. The first-order valence-corrected chi connectivity index (χ1v) is 11.6. The molecule has 1 aliphatic rings. The van der Waals surface area contributed by atoms with Gasteiger partial charge in [-0.2, -0.15) is 0 Å². The van der Waals surface area contributed by atoms with Crippen molar-refractivity contribution in [1.82, 2.24) is 10.3 Å². The van der Waals surface area contributed by atoms with Crippen LogP contribution in [0.3, 0.4) is 0 Å². The topological polar surface area (TPSA) is 62.3 Å². The minimum absolute atomic E-state index is 0.178. The molecule has 0 fully saturated rings. The highest BCUT2D eigenvalue weighted by atomic mass is 32.2. The maximum absolute atomic E-state index is 13.9. The van der Waals surface area contributed by atoms with Crippen molar-refractivity contribution in [1.29, 1.82) is 0 Å². The van der Waals surface area contributed by atoms with E-state index in [-0.39, 0.29) is 24.2 Å².